The van der Waals surface area contributed by atoms with Gasteiger partial charge in [0, 0.05) is 45.7 Å². The van der Waals surface area contributed by atoms with Crippen molar-refractivity contribution in [3.8, 4) is 0 Å². The van der Waals surface area contributed by atoms with Crippen LogP contribution in [0.4, 0.5) is 0 Å². The molecule has 1 aliphatic rings. The summed E-state index contributed by atoms with van der Waals surface area (Å²) in [5.41, 5.74) is 2.44. The van der Waals surface area contributed by atoms with E-state index in [4.69, 9.17) is 0 Å². The zero-order valence-corrected chi connectivity index (χ0v) is 20.5. The van der Waals surface area contributed by atoms with Crippen molar-refractivity contribution < 1.29 is 9.59 Å². The second-order valence-corrected chi connectivity index (χ2v) is 7.61. The lowest BCUT2D eigenvalue weighted by Crippen LogP contribution is -2.41. The van der Waals surface area contributed by atoms with Gasteiger partial charge in [-0.05, 0) is 33.1 Å². The van der Waals surface area contributed by atoms with Gasteiger partial charge in [0.1, 0.15) is 4.88 Å². The number of aliphatic imine (C=N–C) groups is 1. The number of amides is 2. The highest BCUT2D eigenvalue weighted by atomic mass is 127. The van der Waals surface area contributed by atoms with E-state index in [9.17, 15) is 9.59 Å². The Balaban J connectivity index is 0.00000420. The summed E-state index contributed by atoms with van der Waals surface area (Å²) in [6.45, 7) is 8.00. The number of rotatable bonds is 9. The third-order valence-corrected chi connectivity index (χ3v) is 5.45. The minimum atomic E-state index is -0.0918. The van der Waals surface area contributed by atoms with E-state index in [0.29, 0.717) is 30.9 Å². The number of aromatic nitrogens is 1. The molecule has 164 valence electrons. The molecule has 3 N–H and O–H groups in total. The molecule has 1 fully saturated rings. The van der Waals surface area contributed by atoms with Crippen molar-refractivity contribution in [3.63, 3.8) is 0 Å². The van der Waals surface area contributed by atoms with Crippen LogP contribution in [0.2, 0.25) is 0 Å². The van der Waals surface area contributed by atoms with Gasteiger partial charge in [-0.1, -0.05) is 6.42 Å². The summed E-state index contributed by atoms with van der Waals surface area (Å²) in [6, 6.07) is 0. The van der Waals surface area contributed by atoms with Gasteiger partial charge in [-0.25, -0.2) is 4.98 Å². The highest BCUT2D eigenvalue weighted by molar-refractivity contribution is 14.0. The maximum Gasteiger partial charge on any atom is 0.263 e. The maximum atomic E-state index is 12.1. The molecule has 0 atom stereocenters. The van der Waals surface area contributed by atoms with Crippen LogP contribution >= 0.6 is 35.3 Å². The van der Waals surface area contributed by atoms with Crippen molar-refractivity contribution in [3.05, 3.63) is 16.1 Å². The molecule has 0 bridgehead atoms. The number of hydrogen-bond donors (Lipinski definition) is 3. The molecule has 1 aromatic rings. The van der Waals surface area contributed by atoms with Crippen LogP contribution in [-0.4, -0.2) is 66.9 Å². The second-order valence-electron chi connectivity index (χ2n) is 6.76. The number of guanidine groups is 1. The Labute approximate surface area is 194 Å². The molecule has 10 heteroatoms. The summed E-state index contributed by atoms with van der Waals surface area (Å²) in [7, 11) is 0. The van der Waals surface area contributed by atoms with Gasteiger partial charge in [-0.15, -0.1) is 35.3 Å². The number of carbonyl (C=O) groups is 2. The molecule has 0 spiro atoms. The van der Waals surface area contributed by atoms with Gasteiger partial charge in [0.25, 0.3) is 5.91 Å². The van der Waals surface area contributed by atoms with Crippen molar-refractivity contribution in [2.45, 2.75) is 46.0 Å². The second kappa shape index (κ2) is 14.5. The van der Waals surface area contributed by atoms with E-state index in [1.54, 1.807) is 5.51 Å². The summed E-state index contributed by atoms with van der Waals surface area (Å²) in [6.07, 6.45) is 4.80. The van der Waals surface area contributed by atoms with Crippen molar-refractivity contribution >= 4 is 53.1 Å². The third kappa shape index (κ3) is 9.28. The fourth-order valence-corrected chi connectivity index (χ4v) is 3.74. The van der Waals surface area contributed by atoms with E-state index in [0.717, 1.165) is 57.0 Å². The van der Waals surface area contributed by atoms with Gasteiger partial charge in [-0.2, -0.15) is 0 Å². The number of likely N-dealkylation sites (tertiary alicyclic amines) is 1. The topological polar surface area (TPSA) is 98.7 Å². The van der Waals surface area contributed by atoms with Crippen LogP contribution in [0.3, 0.4) is 0 Å². The Hall–Kier alpha value is -1.43. The van der Waals surface area contributed by atoms with Crippen LogP contribution in [0.1, 0.15) is 54.4 Å². The van der Waals surface area contributed by atoms with Crippen molar-refractivity contribution in [2.75, 3.05) is 39.3 Å². The number of aryl methyl sites for hydroxylation is 1. The van der Waals surface area contributed by atoms with Gasteiger partial charge >= 0.3 is 0 Å². The first-order valence-corrected chi connectivity index (χ1v) is 11.0. The van der Waals surface area contributed by atoms with Gasteiger partial charge in [0.15, 0.2) is 5.96 Å². The number of hydrogen-bond acceptors (Lipinski definition) is 5. The van der Waals surface area contributed by atoms with Crippen LogP contribution in [0.15, 0.2) is 10.5 Å². The van der Waals surface area contributed by atoms with E-state index in [1.807, 2.05) is 18.7 Å². The Bertz CT molecular complexity index is 667. The van der Waals surface area contributed by atoms with Crippen LogP contribution in [-0.2, 0) is 4.79 Å². The predicted octanol–water partition coefficient (Wildman–Crippen LogP) is 2.15. The Morgan fingerprint density at radius 3 is 2.76 bits per heavy atom. The molecule has 1 aromatic heterocycles. The molecule has 0 saturated carbocycles. The monoisotopic (exact) mass is 536 g/mol. The smallest absolute Gasteiger partial charge is 0.263 e. The SMILES string of the molecule is CCNC(=NCCCN1CCCCCC1=O)NCCNC(=O)c1scnc1C.I. The number of nitrogens with one attached hydrogen (secondary N) is 3. The molecule has 0 aliphatic carbocycles. The van der Waals surface area contributed by atoms with E-state index >= 15 is 0 Å². The Morgan fingerprint density at radius 2 is 2.03 bits per heavy atom. The van der Waals surface area contributed by atoms with E-state index in [2.05, 4.69) is 25.9 Å². The van der Waals surface area contributed by atoms with Crippen LogP contribution in [0, 0.1) is 6.92 Å². The van der Waals surface area contributed by atoms with E-state index < -0.39 is 0 Å². The molecule has 1 aliphatic heterocycles. The molecule has 0 radical (unpaired) electrons. The quantitative estimate of drug-likeness (QED) is 0.195. The summed E-state index contributed by atoms with van der Waals surface area (Å²) >= 11 is 1.35. The molecule has 2 amide bonds. The van der Waals surface area contributed by atoms with Gasteiger partial charge in [0.2, 0.25) is 5.91 Å². The van der Waals surface area contributed by atoms with E-state index in [-0.39, 0.29) is 35.8 Å². The van der Waals surface area contributed by atoms with Crippen molar-refractivity contribution in [2.24, 2.45) is 4.99 Å². The average molecular weight is 536 g/mol. The molecule has 1 saturated heterocycles. The summed E-state index contributed by atoms with van der Waals surface area (Å²) in [5, 5.41) is 9.31. The predicted molar refractivity (Wildman–Crippen MR) is 128 cm³/mol. The Kier molecular flexibility index (Phi) is 12.8. The molecule has 29 heavy (non-hydrogen) atoms. The fraction of sp³-hybridized carbons (Fsp3) is 0.684. The molecule has 2 heterocycles. The molecular weight excluding hydrogens is 503 g/mol. The Morgan fingerprint density at radius 1 is 1.24 bits per heavy atom. The third-order valence-electron chi connectivity index (χ3n) is 4.53. The summed E-state index contributed by atoms with van der Waals surface area (Å²) in [4.78, 5) is 35.4. The van der Waals surface area contributed by atoms with Crippen molar-refractivity contribution in [1.29, 1.82) is 0 Å². The number of thiazole rings is 1. The van der Waals surface area contributed by atoms with Gasteiger partial charge < -0.3 is 20.9 Å². The van der Waals surface area contributed by atoms with Crippen LogP contribution in [0.25, 0.3) is 0 Å². The number of halogens is 1. The van der Waals surface area contributed by atoms with Gasteiger partial charge in [0.05, 0.1) is 11.2 Å². The minimum absolute atomic E-state index is 0. The lowest BCUT2D eigenvalue weighted by atomic mass is 10.2. The number of carbonyl (C=O) groups excluding carboxylic acids is 2. The van der Waals surface area contributed by atoms with Crippen LogP contribution < -0.4 is 16.0 Å². The lowest BCUT2D eigenvalue weighted by molar-refractivity contribution is -0.130. The first-order valence-electron chi connectivity index (χ1n) is 10.1. The maximum absolute atomic E-state index is 12.1. The molecule has 0 aromatic carbocycles. The number of nitrogens with zero attached hydrogens (tertiary/aromatic N) is 3. The molecule has 2 rings (SSSR count). The lowest BCUT2D eigenvalue weighted by Gasteiger charge is -2.20. The molecule has 0 unspecified atom stereocenters. The zero-order chi connectivity index (χ0) is 20.2. The highest BCUT2D eigenvalue weighted by Gasteiger charge is 2.15. The highest BCUT2D eigenvalue weighted by Crippen LogP contribution is 2.12. The largest absolute Gasteiger partial charge is 0.357 e. The van der Waals surface area contributed by atoms with Gasteiger partial charge in [-0.3, -0.25) is 14.6 Å². The standard InChI is InChI=1S/C19H32N6O2S.HI/c1-3-20-19(22-9-7-13-25-12-6-4-5-8-16(25)26)23-11-10-21-18(27)17-15(2)24-14-28-17;/h14H,3-13H2,1-2H3,(H,21,27)(H2,20,22,23);1H. The normalized spacial score (nSPS) is 14.8. The minimum Gasteiger partial charge on any atom is -0.357 e. The first kappa shape index (κ1) is 25.6. The first-order chi connectivity index (χ1) is 13.6. The zero-order valence-electron chi connectivity index (χ0n) is 17.3. The van der Waals surface area contributed by atoms with E-state index in [1.165, 1.54) is 11.3 Å². The summed E-state index contributed by atoms with van der Waals surface area (Å²) < 4.78 is 0. The van der Waals surface area contributed by atoms with Crippen LogP contribution in [0.5, 0.6) is 0 Å². The fourth-order valence-electron chi connectivity index (χ4n) is 3.03. The van der Waals surface area contributed by atoms with Crippen molar-refractivity contribution in [1.82, 2.24) is 25.8 Å². The average Bonchev–Trinajstić information content (AvgIpc) is 3.01. The summed E-state index contributed by atoms with van der Waals surface area (Å²) in [5.74, 6) is 0.914. The molecule has 8 nitrogen and oxygen atoms in total. The molecular formula is C19H33IN6O2S.